The summed E-state index contributed by atoms with van der Waals surface area (Å²) in [5.41, 5.74) is 1.06. The van der Waals surface area contributed by atoms with Crippen LogP contribution >= 0.6 is 11.3 Å². The maximum Gasteiger partial charge on any atom is 0.350 e. The summed E-state index contributed by atoms with van der Waals surface area (Å²) in [6.45, 7) is 8.95. The van der Waals surface area contributed by atoms with E-state index in [0.29, 0.717) is 54.2 Å². The van der Waals surface area contributed by atoms with Gasteiger partial charge in [0.2, 0.25) is 0 Å². The molecule has 3 aromatic rings. The first-order chi connectivity index (χ1) is 20.2. The van der Waals surface area contributed by atoms with Crippen molar-refractivity contribution >= 4 is 39.9 Å². The van der Waals surface area contributed by atoms with Crippen molar-refractivity contribution in [1.82, 2.24) is 4.98 Å². The number of hydrogen-bond donors (Lipinski definition) is 1. The van der Waals surface area contributed by atoms with Gasteiger partial charge in [-0.1, -0.05) is 37.3 Å². The maximum absolute atomic E-state index is 13.6. The van der Waals surface area contributed by atoms with Gasteiger partial charge in [-0.15, -0.1) is 0 Å². The van der Waals surface area contributed by atoms with Crippen LogP contribution in [0.3, 0.4) is 0 Å². The first kappa shape index (κ1) is 29.1. The number of carbonyl (C=O) groups excluding carboxylic acids is 3. The highest BCUT2D eigenvalue weighted by Gasteiger charge is 2.48. The Kier molecular flexibility index (Phi) is 8.49. The van der Waals surface area contributed by atoms with Gasteiger partial charge in [-0.3, -0.25) is 14.5 Å². The number of ketones is 1. The van der Waals surface area contributed by atoms with E-state index in [9.17, 15) is 19.5 Å². The van der Waals surface area contributed by atoms with Gasteiger partial charge in [0.1, 0.15) is 29.6 Å². The normalized spacial score (nSPS) is 17.5. The van der Waals surface area contributed by atoms with Gasteiger partial charge in [-0.2, -0.15) is 0 Å². The Hall–Kier alpha value is -4.38. The molecule has 5 rings (SSSR count). The van der Waals surface area contributed by atoms with E-state index in [1.54, 1.807) is 56.3 Å². The van der Waals surface area contributed by atoms with Gasteiger partial charge in [0.05, 0.1) is 30.5 Å². The fraction of sp³-hybridized carbons (Fsp3) is 0.355. The van der Waals surface area contributed by atoms with Crippen LogP contribution in [0, 0.1) is 12.8 Å². The summed E-state index contributed by atoms with van der Waals surface area (Å²) in [6, 6.07) is 10.8. The third kappa shape index (κ3) is 5.69. The van der Waals surface area contributed by atoms with Crippen molar-refractivity contribution < 1.29 is 38.4 Å². The number of amides is 1. The summed E-state index contributed by atoms with van der Waals surface area (Å²) in [6.07, 6.45) is 0.849. The van der Waals surface area contributed by atoms with E-state index in [0.717, 1.165) is 17.8 Å². The van der Waals surface area contributed by atoms with E-state index in [-0.39, 0.29) is 33.5 Å². The zero-order valence-electron chi connectivity index (χ0n) is 23.8. The number of aliphatic hydroxyl groups is 1. The van der Waals surface area contributed by atoms with Gasteiger partial charge in [0.25, 0.3) is 5.78 Å². The zero-order chi connectivity index (χ0) is 30.0. The number of anilines is 1. The summed E-state index contributed by atoms with van der Waals surface area (Å²) in [5.74, 6) is -0.754. The highest BCUT2D eigenvalue weighted by atomic mass is 32.1. The number of aromatic nitrogens is 1. The highest BCUT2D eigenvalue weighted by Crippen LogP contribution is 2.45. The molecule has 1 atom stereocenters. The Balaban J connectivity index is 1.63. The lowest BCUT2D eigenvalue weighted by molar-refractivity contribution is -0.132. The molecular weight excluding hydrogens is 560 g/mol. The number of ether oxygens (including phenoxy) is 4. The average molecular weight is 593 g/mol. The molecule has 11 heteroatoms. The molecule has 0 unspecified atom stereocenters. The Labute approximate surface area is 247 Å². The molecule has 2 aromatic carbocycles. The van der Waals surface area contributed by atoms with Gasteiger partial charge in [-0.25, -0.2) is 9.78 Å². The molecule has 10 nitrogen and oxygen atoms in total. The minimum absolute atomic E-state index is 0.124. The molecule has 0 bridgehead atoms. The molecule has 1 amide bonds. The Morgan fingerprint density at radius 1 is 1.14 bits per heavy atom. The maximum atomic E-state index is 13.6. The van der Waals surface area contributed by atoms with E-state index in [2.05, 4.69) is 18.8 Å². The number of benzene rings is 2. The number of carbonyl (C=O) groups is 3. The third-order valence-electron chi connectivity index (χ3n) is 6.85. The van der Waals surface area contributed by atoms with E-state index < -0.39 is 23.7 Å². The summed E-state index contributed by atoms with van der Waals surface area (Å²) in [4.78, 5) is 45.7. The van der Waals surface area contributed by atoms with Crippen LogP contribution in [0.5, 0.6) is 17.2 Å². The molecule has 3 heterocycles. The van der Waals surface area contributed by atoms with Crippen molar-refractivity contribution in [2.45, 2.75) is 40.2 Å². The molecule has 1 aromatic heterocycles. The highest BCUT2D eigenvalue weighted by molar-refractivity contribution is 7.17. The van der Waals surface area contributed by atoms with Crippen molar-refractivity contribution in [3.05, 3.63) is 69.7 Å². The smallest absolute Gasteiger partial charge is 0.350 e. The van der Waals surface area contributed by atoms with Gasteiger partial charge in [0, 0.05) is 5.56 Å². The van der Waals surface area contributed by atoms with Gasteiger partial charge >= 0.3 is 11.9 Å². The number of fused-ring (bicyclic) bond motifs is 1. The van der Waals surface area contributed by atoms with Crippen LogP contribution in [0.4, 0.5) is 5.13 Å². The van der Waals surface area contributed by atoms with E-state index in [1.807, 2.05) is 0 Å². The van der Waals surface area contributed by atoms with Gasteiger partial charge in [0.15, 0.2) is 16.6 Å². The Morgan fingerprint density at radius 2 is 1.90 bits per heavy atom. The molecular formula is C31H32N2O8S. The number of nitrogens with zero attached hydrogens (tertiary/aromatic N) is 2. The lowest BCUT2D eigenvalue weighted by atomic mass is 9.95. The van der Waals surface area contributed by atoms with Crippen LogP contribution in [0.2, 0.25) is 0 Å². The van der Waals surface area contributed by atoms with Crippen molar-refractivity contribution in [3.63, 3.8) is 0 Å². The second kappa shape index (κ2) is 12.2. The lowest BCUT2D eigenvalue weighted by Gasteiger charge is -2.24. The number of hydrogen-bond acceptors (Lipinski definition) is 10. The number of Topliss-reactive ketones (excluding diaryl/α,β-unsaturated/α-hetero) is 1. The summed E-state index contributed by atoms with van der Waals surface area (Å²) in [5, 5.41) is 11.7. The summed E-state index contributed by atoms with van der Waals surface area (Å²) in [7, 11) is 0. The van der Waals surface area contributed by atoms with Crippen molar-refractivity contribution in [2.75, 3.05) is 31.3 Å². The van der Waals surface area contributed by atoms with Crippen LogP contribution in [0.1, 0.15) is 59.7 Å². The molecule has 0 radical (unpaired) electrons. The molecule has 1 N–H and O–H groups in total. The van der Waals surface area contributed by atoms with Crippen molar-refractivity contribution in [3.8, 4) is 17.2 Å². The lowest BCUT2D eigenvalue weighted by Crippen LogP contribution is -2.29. The molecule has 0 spiro atoms. The quantitative estimate of drug-likeness (QED) is 0.149. The first-order valence-corrected chi connectivity index (χ1v) is 14.6. The zero-order valence-corrected chi connectivity index (χ0v) is 24.7. The van der Waals surface area contributed by atoms with Crippen LogP contribution in [-0.4, -0.2) is 54.2 Å². The largest absolute Gasteiger partial charge is 0.507 e. The predicted molar refractivity (Wildman–Crippen MR) is 156 cm³/mol. The van der Waals surface area contributed by atoms with Crippen molar-refractivity contribution in [1.29, 1.82) is 0 Å². The van der Waals surface area contributed by atoms with Gasteiger partial charge < -0.3 is 24.1 Å². The summed E-state index contributed by atoms with van der Waals surface area (Å²) >= 11 is 0.954. The monoisotopic (exact) mass is 592 g/mol. The van der Waals surface area contributed by atoms with Crippen LogP contribution in [0.25, 0.3) is 5.76 Å². The van der Waals surface area contributed by atoms with E-state index in [4.69, 9.17) is 18.9 Å². The summed E-state index contributed by atoms with van der Waals surface area (Å²) < 4.78 is 22.4. The van der Waals surface area contributed by atoms with E-state index >= 15 is 0 Å². The molecule has 220 valence electrons. The van der Waals surface area contributed by atoms with Gasteiger partial charge in [-0.05, 0) is 62.1 Å². The number of thiazole rings is 1. The second-order valence-electron chi connectivity index (χ2n) is 10.3. The predicted octanol–water partition coefficient (Wildman–Crippen LogP) is 5.45. The molecule has 0 aliphatic carbocycles. The Bertz CT molecular complexity index is 1560. The third-order valence-corrected chi connectivity index (χ3v) is 7.99. The number of aliphatic hydroxyl groups excluding tert-OH is 1. The Morgan fingerprint density at radius 3 is 2.64 bits per heavy atom. The molecule has 2 aliphatic rings. The second-order valence-corrected chi connectivity index (χ2v) is 11.2. The first-order valence-electron chi connectivity index (χ1n) is 13.8. The SMILES string of the molecule is CCOC(=O)c1sc(N2C(=O)C(=O)C(=C(O)c3ccc4c(c3)OCCO4)[C@H]2c2cccc(OCCC(C)C)c2)nc1C. The van der Waals surface area contributed by atoms with Crippen LogP contribution < -0.4 is 19.1 Å². The van der Waals surface area contributed by atoms with E-state index in [1.165, 1.54) is 4.90 Å². The molecule has 1 saturated heterocycles. The van der Waals surface area contributed by atoms with Crippen LogP contribution in [0.15, 0.2) is 48.0 Å². The van der Waals surface area contributed by atoms with Crippen molar-refractivity contribution in [2.24, 2.45) is 5.92 Å². The fourth-order valence-corrected chi connectivity index (χ4v) is 5.74. The molecule has 1 fully saturated rings. The topological polar surface area (TPSA) is 124 Å². The number of aryl methyl sites for hydroxylation is 1. The number of esters is 1. The fourth-order valence-electron chi connectivity index (χ4n) is 4.75. The molecule has 42 heavy (non-hydrogen) atoms. The number of rotatable bonds is 9. The minimum Gasteiger partial charge on any atom is -0.507 e. The standard InChI is InChI=1S/C31H32N2O8S/c1-5-38-30(37)28-18(4)32-31(42-28)33-25(19-7-6-8-21(15-19)39-12-11-17(2)3)24(27(35)29(33)36)26(34)20-9-10-22-23(16-20)41-14-13-40-22/h6-10,15-17,25,34H,5,11-14H2,1-4H3/t25-/m1/s1. The average Bonchev–Trinajstić information content (AvgIpc) is 3.48. The molecule has 2 aliphatic heterocycles. The van der Waals surface area contributed by atoms with Crippen LogP contribution in [-0.2, 0) is 14.3 Å². The minimum atomic E-state index is -1.05. The molecule has 0 saturated carbocycles.